The third kappa shape index (κ3) is 5.15. The number of rotatable bonds is 6. The van der Waals surface area contributed by atoms with E-state index >= 15 is 0 Å². The molecule has 2 atom stereocenters. The molecule has 1 aliphatic heterocycles. The first-order chi connectivity index (χ1) is 14.2. The Bertz CT molecular complexity index is 897. The van der Waals surface area contributed by atoms with Crippen LogP contribution in [0.4, 0.5) is 5.82 Å². The number of hydrogen-bond donors (Lipinski definition) is 2. The number of benzene rings is 1. The number of anilines is 1. The second-order valence-electron chi connectivity index (χ2n) is 7.25. The van der Waals surface area contributed by atoms with Crippen LogP contribution in [0, 0.1) is 0 Å². The summed E-state index contributed by atoms with van der Waals surface area (Å²) in [6.07, 6.45) is 9.26. The number of amides is 1. The van der Waals surface area contributed by atoms with Gasteiger partial charge in [0.1, 0.15) is 5.82 Å². The average Bonchev–Trinajstić information content (AvgIpc) is 3.16. The van der Waals surface area contributed by atoms with E-state index in [1.165, 1.54) is 17.2 Å². The summed E-state index contributed by atoms with van der Waals surface area (Å²) in [6, 6.07) is 10.4. The fraction of sp³-hybridized carbons (Fsp3) is 0.364. The smallest absolute Gasteiger partial charge is 0.267 e. The van der Waals surface area contributed by atoms with Crippen LogP contribution >= 0.6 is 11.6 Å². The maximum absolute atomic E-state index is 11.9. The van der Waals surface area contributed by atoms with E-state index in [1.54, 1.807) is 18.3 Å². The van der Waals surface area contributed by atoms with Crippen molar-refractivity contribution in [3.05, 3.63) is 64.3 Å². The second kappa shape index (κ2) is 9.39. The lowest BCUT2D eigenvalue weighted by atomic mass is 10.1. The largest absolute Gasteiger partial charge is 0.362 e. The van der Waals surface area contributed by atoms with E-state index in [1.807, 2.05) is 0 Å². The molecule has 152 valence electrons. The molecule has 2 unspecified atom stereocenters. The second-order valence-corrected chi connectivity index (χ2v) is 7.65. The molecule has 1 fully saturated rings. The minimum atomic E-state index is -0.372. The number of fused-ring (bicyclic) bond motifs is 1. The van der Waals surface area contributed by atoms with Crippen LogP contribution in [0.5, 0.6) is 0 Å². The molecule has 1 aromatic carbocycles. The molecule has 1 amide bonds. The zero-order valence-corrected chi connectivity index (χ0v) is 16.8. The van der Waals surface area contributed by atoms with Crippen LogP contribution in [0.3, 0.4) is 0 Å². The Balaban J connectivity index is 1.32. The minimum absolute atomic E-state index is 0.211. The van der Waals surface area contributed by atoms with Gasteiger partial charge >= 0.3 is 0 Å². The van der Waals surface area contributed by atoms with Gasteiger partial charge in [-0.25, -0.2) is 15.3 Å². The lowest BCUT2D eigenvalue weighted by Gasteiger charge is -2.21. The molecule has 7 heteroatoms. The van der Waals surface area contributed by atoms with E-state index in [0.717, 1.165) is 37.7 Å². The third-order valence-electron chi connectivity index (χ3n) is 5.16. The van der Waals surface area contributed by atoms with Crippen molar-refractivity contribution < 1.29 is 14.4 Å². The highest BCUT2D eigenvalue weighted by Gasteiger charge is 2.22. The van der Waals surface area contributed by atoms with Gasteiger partial charge in [-0.1, -0.05) is 35.9 Å². The normalized spacial score (nSPS) is 21.1. The number of pyridine rings is 1. The predicted octanol–water partition coefficient (Wildman–Crippen LogP) is 4.42. The number of hydroxylamine groups is 1. The molecule has 2 aliphatic rings. The number of aromatic nitrogens is 1. The van der Waals surface area contributed by atoms with Gasteiger partial charge in [-0.3, -0.25) is 4.79 Å². The van der Waals surface area contributed by atoms with Crippen molar-refractivity contribution in [3.8, 4) is 0 Å². The molecule has 1 aliphatic carbocycles. The van der Waals surface area contributed by atoms with Crippen LogP contribution < -0.4 is 10.8 Å². The van der Waals surface area contributed by atoms with Crippen LogP contribution in [0.2, 0.25) is 5.02 Å². The molecule has 2 aromatic rings. The molecule has 2 N–H and O–H groups in total. The third-order valence-corrected chi connectivity index (χ3v) is 5.45. The van der Waals surface area contributed by atoms with E-state index in [4.69, 9.17) is 21.2 Å². The molecule has 2 heterocycles. The van der Waals surface area contributed by atoms with E-state index < -0.39 is 0 Å². The van der Waals surface area contributed by atoms with Crippen LogP contribution in [-0.4, -0.2) is 23.8 Å². The number of carbonyl (C=O) groups is 1. The van der Waals surface area contributed by atoms with Crippen LogP contribution in [0.1, 0.15) is 48.4 Å². The van der Waals surface area contributed by atoms with E-state index in [0.29, 0.717) is 17.4 Å². The van der Waals surface area contributed by atoms with Crippen molar-refractivity contribution in [3.63, 3.8) is 0 Å². The first kappa shape index (κ1) is 19.9. The quantitative estimate of drug-likeness (QED) is 0.541. The highest BCUT2D eigenvalue weighted by Crippen LogP contribution is 2.34. The summed E-state index contributed by atoms with van der Waals surface area (Å²) in [7, 11) is 0. The monoisotopic (exact) mass is 413 g/mol. The summed E-state index contributed by atoms with van der Waals surface area (Å²) in [5.74, 6) is 0.285. The van der Waals surface area contributed by atoms with Gasteiger partial charge in [-0.15, -0.1) is 0 Å². The zero-order valence-electron chi connectivity index (χ0n) is 16.1. The van der Waals surface area contributed by atoms with Gasteiger partial charge < -0.3 is 10.1 Å². The van der Waals surface area contributed by atoms with E-state index in [2.05, 4.69) is 40.0 Å². The molecule has 0 saturated carbocycles. The molecule has 4 rings (SSSR count). The number of nitrogens with zero attached hydrogens (tertiary/aromatic N) is 1. The number of halogens is 1. The Kier molecular flexibility index (Phi) is 6.44. The Morgan fingerprint density at radius 3 is 3.00 bits per heavy atom. The number of aryl methyl sites for hydroxylation is 1. The Morgan fingerprint density at radius 1 is 1.28 bits per heavy atom. The molecule has 0 radical (unpaired) electrons. The fourth-order valence-electron chi connectivity index (χ4n) is 3.66. The van der Waals surface area contributed by atoms with Crippen molar-refractivity contribution in [1.29, 1.82) is 0 Å². The summed E-state index contributed by atoms with van der Waals surface area (Å²) in [6.45, 7) is 0.660. The van der Waals surface area contributed by atoms with Crippen molar-refractivity contribution >= 4 is 29.4 Å². The predicted molar refractivity (Wildman–Crippen MR) is 112 cm³/mol. The maximum Gasteiger partial charge on any atom is 0.267 e. The van der Waals surface area contributed by atoms with Crippen molar-refractivity contribution in [2.24, 2.45) is 0 Å². The van der Waals surface area contributed by atoms with Gasteiger partial charge in [0.2, 0.25) is 0 Å². The molecular formula is C22H24ClN3O3. The average molecular weight is 414 g/mol. The van der Waals surface area contributed by atoms with Gasteiger partial charge in [0.25, 0.3) is 5.91 Å². The topological polar surface area (TPSA) is 72.5 Å². The Labute approximate surface area is 175 Å². The Hall–Kier alpha value is -2.41. The van der Waals surface area contributed by atoms with Gasteiger partial charge in [0.05, 0.1) is 11.1 Å². The van der Waals surface area contributed by atoms with Gasteiger partial charge in [0, 0.05) is 25.3 Å². The molecular weight excluding hydrogens is 390 g/mol. The highest BCUT2D eigenvalue weighted by molar-refractivity contribution is 6.33. The lowest BCUT2D eigenvalue weighted by molar-refractivity contribution is -0.198. The number of ether oxygens (including phenoxy) is 1. The summed E-state index contributed by atoms with van der Waals surface area (Å²) >= 11 is 6.41. The SMILES string of the molecule is O=C(C=Cc1cnc(NC2CCc3ccccc32)c(Cl)c1)NOC1CCCCO1. The first-order valence-electron chi connectivity index (χ1n) is 9.94. The van der Waals surface area contributed by atoms with E-state index in [-0.39, 0.29) is 18.2 Å². The molecule has 29 heavy (non-hydrogen) atoms. The lowest BCUT2D eigenvalue weighted by Crippen LogP contribution is -2.32. The van der Waals surface area contributed by atoms with E-state index in [9.17, 15) is 4.79 Å². The van der Waals surface area contributed by atoms with Crippen LogP contribution in [0.25, 0.3) is 6.08 Å². The van der Waals surface area contributed by atoms with Gasteiger partial charge in [0.15, 0.2) is 6.29 Å². The molecule has 1 aromatic heterocycles. The fourth-order valence-corrected chi connectivity index (χ4v) is 3.89. The number of hydrogen-bond acceptors (Lipinski definition) is 5. The highest BCUT2D eigenvalue weighted by atomic mass is 35.5. The summed E-state index contributed by atoms with van der Waals surface area (Å²) in [5.41, 5.74) is 5.79. The van der Waals surface area contributed by atoms with Crippen LogP contribution in [-0.2, 0) is 20.8 Å². The summed E-state index contributed by atoms with van der Waals surface area (Å²) in [5, 5.41) is 3.95. The van der Waals surface area contributed by atoms with Crippen molar-refractivity contribution in [2.75, 3.05) is 11.9 Å². The number of nitrogens with one attached hydrogen (secondary N) is 2. The van der Waals surface area contributed by atoms with Crippen LogP contribution in [0.15, 0.2) is 42.6 Å². The maximum atomic E-state index is 11.9. The summed E-state index contributed by atoms with van der Waals surface area (Å²) < 4.78 is 5.40. The van der Waals surface area contributed by atoms with Gasteiger partial charge in [-0.2, -0.15) is 0 Å². The molecule has 0 bridgehead atoms. The minimum Gasteiger partial charge on any atom is -0.362 e. The molecule has 6 nitrogen and oxygen atoms in total. The first-order valence-corrected chi connectivity index (χ1v) is 10.3. The van der Waals surface area contributed by atoms with Gasteiger partial charge in [-0.05, 0) is 54.5 Å². The summed E-state index contributed by atoms with van der Waals surface area (Å²) in [4.78, 5) is 21.6. The standard InChI is InChI=1S/C22H24ClN3O3/c23-18-13-15(8-11-20(27)26-29-21-7-3-4-12-28-21)14-24-22(18)25-19-10-9-16-5-1-2-6-17(16)19/h1-2,5-6,8,11,13-14,19,21H,3-4,7,9-10,12H2,(H,24,25)(H,26,27). The van der Waals surface area contributed by atoms with Crippen molar-refractivity contribution in [1.82, 2.24) is 10.5 Å². The molecule has 0 spiro atoms. The zero-order chi connectivity index (χ0) is 20.1. The Morgan fingerprint density at radius 2 is 2.17 bits per heavy atom. The number of carbonyl (C=O) groups excluding carboxylic acids is 1. The van der Waals surface area contributed by atoms with Crippen molar-refractivity contribution in [2.45, 2.75) is 44.4 Å². The molecule has 1 saturated heterocycles.